The second-order valence-electron chi connectivity index (χ2n) is 7.21. The molecule has 0 aromatic carbocycles. The maximum Gasteiger partial charge on any atom is 0.252 e. The van der Waals surface area contributed by atoms with Crippen LogP contribution in [0.1, 0.15) is 11.3 Å². The number of morpholine rings is 1. The Morgan fingerprint density at radius 1 is 1.21 bits per heavy atom. The number of rotatable bonds is 7. The van der Waals surface area contributed by atoms with Crippen molar-refractivity contribution in [3.63, 3.8) is 0 Å². The highest BCUT2D eigenvalue weighted by Crippen LogP contribution is 2.13. The standard InChI is InChI=1S/C20H28N6O2/c1-24(2)20-22-12-16(13-23-20)14-26-10-11-28-18(15-26)19(27)25(3)9-7-17-6-4-5-8-21-17/h4-6,8,12-13,18H,7,9-11,14-15H2,1-3H3. The molecule has 3 rings (SSSR count). The zero-order chi connectivity index (χ0) is 19.9. The fourth-order valence-corrected chi connectivity index (χ4v) is 3.10. The van der Waals surface area contributed by atoms with Crippen LogP contribution in [-0.4, -0.2) is 84.1 Å². The van der Waals surface area contributed by atoms with Gasteiger partial charge in [-0.25, -0.2) is 9.97 Å². The van der Waals surface area contributed by atoms with Gasteiger partial charge in [-0.05, 0) is 12.1 Å². The van der Waals surface area contributed by atoms with Crippen LogP contribution < -0.4 is 4.90 Å². The number of pyridine rings is 1. The minimum Gasteiger partial charge on any atom is -0.366 e. The predicted molar refractivity (Wildman–Crippen MR) is 107 cm³/mol. The summed E-state index contributed by atoms with van der Waals surface area (Å²) in [6, 6.07) is 5.82. The van der Waals surface area contributed by atoms with E-state index in [1.54, 1.807) is 11.1 Å². The summed E-state index contributed by atoms with van der Waals surface area (Å²) >= 11 is 0. The van der Waals surface area contributed by atoms with E-state index in [2.05, 4.69) is 19.9 Å². The molecule has 2 aromatic rings. The van der Waals surface area contributed by atoms with Crippen LogP contribution in [-0.2, 0) is 22.5 Å². The van der Waals surface area contributed by atoms with Crippen LogP contribution in [0.4, 0.5) is 5.95 Å². The zero-order valence-corrected chi connectivity index (χ0v) is 16.8. The fraction of sp³-hybridized carbons (Fsp3) is 0.500. The van der Waals surface area contributed by atoms with Crippen molar-refractivity contribution in [3.8, 4) is 0 Å². The molecular weight excluding hydrogens is 356 g/mol. The Labute approximate surface area is 166 Å². The van der Waals surface area contributed by atoms with Crippen LogP contribution in [0.3, 0.4) is 0 Å². The number of hydrogen-bond acceptors (Lipinski definition) is 7. The van der Waals surface area contributed by atoms with Gasteiger partial charge in [0.05, 0.1) is 6.61 Å². The third kappa shape index (κ3) is 5.46. The van der Waals surface area contributed by atoms with E-state index >= 15 is 0 Å². The lowest BCUT2D eigenvalue weighted by atomic mass is 10.2. The highest BCUT2D eigenvalue weighted by molar-refractivity contribution is 5.81. The first-order valence-corrected chi connectivity index (χ1v) is 9.50. The first-order chi connectivity index (χ1) is 13.5. The van der Waals surface area contributed by atoms with Crippen LogP contribution in [0.25, 0.3) is 0 Å². The van der Waals surface area contributed by atoms with Crippen molar-refractivity contribution in [2.75, 3.05) is 52.3 Å². The van der Waals surface area contributed by atoms with Gasteiger partial charge in [0.2, 0.25) is 5.95 Å². The topological polar surface area (TPSA) is 74.7 Å². The molecule has 3 heterocycles. The van der Waals surface area contributed by atoms with Gasteiger partial charge in [0.25, 0.3) is 5.91 Å². The van der Waals surface area contributed by atoms with Gasteiger partial charge in [-0.3, -0.25) is 14.7 Å². The molecule has 1 aliphatic rings. The normalized spacial score (nSPS) is 17.3. The summed E-state index contributed by atoms with van der Waals surface area (Å²) < 4.78 is 5.75. The molecular formula is C20H28N6O2. The van der Waals surface area contributed by atoms with Gasteiger partial charge in [0.1, 0.15) is 6.10 Å². The molecule has 28 heavy (non-hydrogen) atoms. The molecule has 1 fully saturated rings. The van der Waals surface area contributed by atoms with Gasteiger partial charge in [-0.15, -0.1) is 0 Å². The largest absolute Gasteiger partial charge is 0.366 e. The number of anilines is 1. The summed E-state index contributed by atoms with van der Waals surface area (Å²) in [5.74, 6) is 0.702. The lowest BCUT2D eigenvalue weighted by Crippen LogP contribution is -2.50. The predicted octanol–water partition coefficient (Wildman–Crippen LogP) is 0.840. The van der Waals surface area contributed by atoms with Crippen LogP contribution >= 0.6 is 0 Å². The summed E-state index contributed by atoms with van der Waals surface area (Å²) in [6.07, 6.45) is 5.74. The Hall–Kier alpha value is -2.58. The van der Waals surface area contributed by atoms with E-state index in [1.165, 1.54) is 0 Å². The molecule has 0 bridgehead atoms. The number of hydrogen-bond donors (Lipinski definition) is 0. The van der Waals surface area contributed by atoms with Crippen LogP contribution in [0.15, 0.2) is 36.8 Å². The smallest absolute Gasteiger partial charge is 0.252 e. The first kappa shape index (κ1) is 20.2. The molecule has 8 heteroatoms. The monoisotopic (exact) mass is 384 g/mol. The van der Waals surface area contributed by atoms with Gasteiger partial charge in [-0.1, -0.05) is 6.07 Å². The number of ether oxygens (including phenoxy) is 1. The summed E-state index contributed by atoms with van der Waals surface area (Å²) in [7, 11) is 5.65. The molecule has 2 aromatic heterocycles. The van der Waals surface area contributed by atoms with Gasteiger partial charge in [0, 0.05) is 83.6 Å². The highest BCUT2D eigenvalue weighted by atomic mass is 16.5. The highest BCUT2D eigenvalue weighted by Gasteiger charge is 2.29. The molecule has 8 nitrogen and oxygen atoms in total. The molecule has 0 radical (unpaired) electrons. The number of carbonyl (C=O) groups is 1. The molecule has 1 atom stereocenters. The molecule has 0 saturated carbocycles. The average Bonchev–Trinajstić information content (AvgIpc) is 2.73. The Morgan fingerprint density at radius 3 is 2.68 bits per heavy atom. The molecule has 0 spiro atoms. The van der Waals surface area contributed by atoms with Crippen LogP contribution in [0.5, 0.6) is 0 Å². The van der Waals surface area contributed by atoms with E-state index in [9.17, 15) is 4.79 Å². The van der Waals surface area contributed by atoms with Crippen molar-refractivity contribution in [1.82, 2.24) is 24.8 Å². The summed E-state index contributed by atoms with van der Waals surface area (Å²) in [4.78, 5) is 31.6. The molecule has 1 unspecified atom stereocenters. The summed E-state index contributed by atoms with van der Waals surface area (Å²) in [5, 5.41) is 0. The third-order valence-corrected chi connectivity index (χ3v) is 4.73. The van der Waals surface area contributed by atoms with Gasteiger partial charge < -0.3 is 14.5 Å². The van der Waals surface area contributed by atoms with Crippen LogP contribution in [0, 0.1) is 0 Å². The number of likely N-dealkylation sites (N-methyl/N-ethyl adjacent to an activating group) is 1. The van der Waals surface area contributed by atoms with E-state index in [0.29, 0.717) is 32.2 Å². The SMILES string of the molecule is CN(CCc1ccccn1)C(=O)C1CN(Cc2cnc(N(C)C)nc2)CCO1. The quantitative estimate of drug-likeness (QED) is 0.700. The Kier molecular flexibility index (Phi) is 6.89. The first-order valence-electron chi connectivity index (χ1n) is 9.50. The van der Waals surface area contributed by atoms with E-state index < -0.39 is 6.10 Å². The van der Waals surface area contributed by atoms with E-state index in [-0.39, 0.29) is 5.91 Å². The Morgan fingerprint density at radius 2 is 2.00 bits per heavy atom. The number of nitrogens with zero attached hydrogens (tertiary/aromatic N) is 6. The van der Waals surface area contributed by atoms with Gasteiger partial charge in [0.15, 0.2) is 0 Å². The van der Waals surface area contributed by atoms with Crippen molar-refractivity contribution in [2.24, 2.45) is 0 Å². The Bertz CT molecular complexity index is 753. The average molecular weight is 384 g/mol. The van der Waals surface area contributed by atoms with Crippen molar-refractivity contribution in [2.45, 2.75) is 19.1 Å². The second-order valence-corrected chi connectivity index (χ2v) is 7.21. The lowest BCUT2D eigenvalue weighted by molar-refractivity contribution is -0.148. The zero-order valence-electron chi connectivity index (χ0n) is 16.8. The molecule has 1 amide bonds. The van der Waals surface area contributed by atoms with E-state index in [0.717, 1.165) is 24.2 Å². The molecule has 0 aliphatic carbocycles. The summed E-state index contributed by atoms with van der Waals surface area (Å²) in [5.41, 5.74) is 2.01. The minimum atomic E-state index is -0.440. The van der Waals surface area contributed by atoms with Crippen molar-refractivity contribution in [1.29, 1.82) is 0 Å². The van der Waals surface area contributed by atoms with Gasteiger partial charge >= 0.3 is 0 Å². The second kappa shape index (κ2) is 9.57. The minimum absolute atomic E-state index is 0.0137. The number of aromatic nitrogens is 3. The maximum atomic E-state index is 12.8. The lowest BCUT2D eigenvalue weighted by Gasteiger charge is -2.34. The number of carbonyl (C=O) groups excluding carboxylic acids is 1. The van der Waals surface area contributed by atoms with Gasteiger partial charge in [-0.2, -0.15) is 0 Å². The van der Waals surface area contributed by atoms with Crippen LogP contribution in [0.2, 0.25) is 0 Å². The molecule has 150 valence electrons. The van der Waals surface area contributed by atoms with Crippen molar-refractivity contribution >= 4 is 11.9 Å². The maximum absolute atomic E-state index is 12.8. The van der Waals surface area contributed by atoms with E-state index in [4.69, 9.17) is 4.74 Å². The van der Waals surface area contributed by atoms with E-state index in [1.807, 2.05) is 56.6 Å². The van der Waals surface area contributed by atoms with Crippen molar-refractivity contribution in [3.05, 3.63) is 48.0 Å². The molecule has 1 saturated heterocycles. The van der Waals surface area contributed by atoms with Crippen molar-refractivity contribution < 1.29 is 9.53 Å². The summed E-state index contributed by atoms with van der Waals surface area (Å²) in [6.45, 7) is 3.23. The third-order valence-electron chi connectivity index (χ3n) is 4.73. The molecule has 1 aliphatic heterocycles. The number of amides is 1. The molecule has 0 N–H and O–H groups in total. The Balaban J connectivity index is 1.51. The fourth-order valence-electron chi connectivity index (χ4n) is 3.10.